The third-order valence-corrected chi connectivity index (χ3v) is 4.84. The van der Waals surface area contributed by atoms with Crippen molar-refractivity contribution >= 4 is 5.91 Å². The van der Waals surface area contributed by atoms with Crippen LogP contribution in [0.25, 0.3) is 0 Å². The summed E-state index contributed by atoms with van der Waals surface area (Å²) in [4.78, 5) is 14.5. The van der Waals surface area contributed by atoms with Crippen LogP contribution in [0.3, 0.4) is 0 Å². The molecule has 0 bridgehead atoms. The molecule has 0 aromatic heterocycles. The van der Waals surface area contributed by atoms with Crippen LogP contribution in [-0.4, -0.2) is 62.8 Å². The van der Waals surface area contributed by atoms with Crippen molar-refractivity contribution in [2.24, 2.45) is 11.8 Å². The van der Waals surface area contributed by atoms with Crippen LogP contribution in [0, 0.1) is 11.8 Å². The standard InChI is InChI=1S/C16H31N3O2/c1-3-19-7-8-21-15(12-19)11-18-16(20)9-13(2)14-5-4-6-17-10-14/h13-15,17H,3-12H2,1-2H3,(H,18,20). The lowest BCUT2D eigenvalue weighted by atomic mass is 9.85. The topological polar surface area (TPSA) is 53.6 Å². The van der Waals surface area contributed by atoms with Crippen molar-refractivity contribution < 1.29 is 9.53 Å². The Morgan fingerprint density at radius 1 is 1.52 bits per heavy atom. The van der Waals surface area contributed by atoms with Crippen molar-refractivity contribution in [1.29, 1.82) is 0 Å². The van der Waals surface area contributed by atoms with Crippen molar-refractivity contribution in [2.45, 2.75) is 39.2 Å². The smallest absolute Gasteiger partial charge is 0.220 e. The molecule has 2 saturated heterocycles. The zero-order chi connectivity index (χ0) is 15.1. The maximum absolute atomic E-state index is 12.1. The fourth-order valence-electron chi connectivity index (χ4n) is 3.31. The molecule has 5 nitrogen and oxygen atoms in total. The summed E-state index contributed by atoms with van der Waals surface area (Å²) in [5.74, 6) is 1.27. The van der Waals surface area contributed by atoms with Gasteiger partial charge in [-0.1, -0.05) is 13.8 Å². The largest absolute Gasteiger partial charge is 0.374 e. The fourth-order valence-corrected chi connectivity index (χ4v) is 3.31. The van der Waals surface area contributed by atoms with E-state index in [9.17, 15) is 4.79 Å². The van der Waals surface area contributed by atoms with Crippen molar-refractivity contribution in [1.82, 2.24) is 15.5 Å². The second kappa shape index (κ2) is 8.71. The Labute approximate surface area is 128 Å². The summed E-state index contributed by atoms with van der Waals surface area (Å²) in [6, 6.07) is 0. The summed E-state index contributed by atoms with van der Waals surface area (Å²) < 4.78 is 5.72. The van der Waals surface area contributed by atoms with Crippen molar-refractivity contribution in [3.05, 3.63) is 0 Å². The number of ether oxygens (including phenoxy) is 1. The number of piperidine rings is 1. The highest BCUT2D eigenvalue weighted by molar-refractivity contribution is 5.76. The zero-order valence-electron chi connectivity index (χ0n) is 13.6. The third-order valence-electron chi connectivity index (χ3n) is 4.84. The third kappa shape index (κ3) is 5.57. The van der Waals surface area contributed by atoms with E-state index in [4.69, 9.17) is 4.74 Å². The quantitative estimate of drug-likeness (QED) is 0.763. The maximum Gasteiger partial charge on any atom is 0.220 e. The summed E-state index contributed by atoms with van der Waals surface area (Å²) in [6.07, 6.45) is 3.27. The van der Waals surface area contributed by atoms with Crippen LogP contribution in [-0.2, 0) is 9.53 Å². The minimum Gasteiger partial charge on any atom is -0.374 e. The molecule has 0 aromatic carbocycles. The lowest BCUT2D eigenvalue weighted by Gasteiger charge is -2.32. The van der Waals surface area contributed by atoms with Crippen molar-refractivity contribution in [3.63, 3.8) is 0 Å². The number of hydrogen-bond acceptors (Lipinski definition) is 4. The summed E-state index contributed by atoms with van der Waals surface area (Å²) >= 11 is 0. The molecular weight excluding hydrogens is 266 g/mol. The zero-order valence-corrected chi connectivity index (χ0v) is 13.6. The number of nitrogens with one attached hydrogen (secondary N) is 2. The van der Waals surface area contributed by atoms with E-state index in [0.29, 0.717) is 24.8 Å². The number of morpholine rings is 1. The van der Waals surface area contributed by atoms with E-state index in [1.807, 2.05) is 0 Å². The molecule has 122 valence electrons. The second-order valence-electron chi connectivity index (χ2n) is 6.48. The summed E-state index contributed by atoms with van der Waals surface area (Å²) in [7, 11) is 0. The van der Waals surface area contributed by atoms with Crippen LogP contribution >= 0.6 is 0 Å². The Kier molecular flexibility index (Phi) is 6.93. The molecule has 2 rings (SSSR count). The van der Waals surface area contributed by atoms with Crippen molar-refractivity contribution in [3.8, 4) is 0 Å². The highest BCUT2D eigenvalue weighted by atomic mass is 16.5. The predicted molar refractivity (Wildman–Crippen MR) is 84.2 cm³/mol. The van der Waals surface area contributed by atoms with Gasteiger partial charge in [-0.3, -0.25) is 9.69 Å². The molecule has 2 fully saturated rings. The van der Waals surface area contributed by atoms with Crippen molar-refractivity contribution in [2.75, 3.05) is 45.9 Å². The van der Waals surface area contributed by atoms with Crippen LogP contribution in [0.5, 0.6) is 0 Å². The first-order chi connectivity index (χ1) is 10.2. The van der Waals surface area contributed by atoms with Crippen LogP contribution in [0.2, 0.25) is 0 Å². The summed E-state index contributed by atoms with van der Waals surface area (Å²) in [5, 5.41) is 6.48. The molecule has 1 amide bonds. The summed E-state index contributed by atoms with van der Waals surface area (Å²) in [5.41, 5.74) is 0. The number of rotatable bonds is 6. The second-order valence-corrected chi connectivity index (χ2v) is 6.48. The lowest BCUT2D eigenvalue weighted by Crippen LogP contribution is -2.47. The predicted octanol–water partition coefficient (Wildman–Crippen LogP) is 0.849. The van der Waals surface area contributed by atoms with Crippen LogP contribution in [0.4, 0.5) is 0 Å². The molecule has 0 spiro atoms. The SMILES string of the molecule is CCN1CCOC(CNC(=O)CC(C)C2CCCNC2)C1. The molecule has 2 N–H and O–H groups in total. The van der Waals surface area contributed by atoms with Gasteiger partial charge in [0.1, 0.15) is 0 Å². The normalized spacial score (nSPS) is 29.0. The van der Waals surface area contributed by atoms with E-state index in [1.165, 1.54) is 12.8 Å². The van der Waals surface area contributed by atoms with Gasteiger partial charge >= 0.3 is 0 Å². The molecule has 2 heterocycles. The Balaban J connectivity index is 1.64. The number of likely N-dealkylation sites (N-methyl/N-ethyl adjacent to an activating group) is 1. The van der Waals surface area contributed by atoms with Gasteiger partial charge in [0.15, 0.2) is 0 Å². The molecular formula is C16H31N3O2. The minimum absolute atomic E-state index is 0.148. The highest BCUT2D eigenvalue weighted by Gasteiger charge is 2.23. The van der Waals surface area contributed by atoms with Gasteiger partial charge in [0.05, 0.1) is 12.7 Å². The fraction of sp³-hybridized carbons (Fsp3) is 0.938. The Hall–Kier alpha value is -0.650. The van der Waals surface area contributed by atoms with E-state index in [2.05, 4.69) is 29.4 Å². The van der Waals surface area contributed by atoms with Gasteiger partial charge in [-0.2, -0.15) is 0 Å². The van der Waals surface area contributed by atoms with E-state index >= 15 is 0 Å². The molecule has 5 heteroatoms. The van der Waals surface area contributed by atoms with E-state index in [1.54, 1.807) is 0 Å². The maximum atomic E-state index is 12.1. The van der Waals surface area contributed by atoms with Gasteiger partial charge in [-0.25, -0.2) is 0 Å². The Morgan fingerprint density at radius 2 is 2.38 bits per heavy atom. The average Bonchev–Trinajstić information content (AvgIpc) is 2.54. The lowest BCUT2D eigenvalue weighted by molar-refractivity contribution is -0.123. The molecule has 2 aliphatic rings. The van der Waals surface area contributed by atoms with Gasteiger partial charge in [0.25, 0.3) is 0 Å². The molecule has 2 aliphatic heterocycles. The first-order valence-electron chi connectivity index (χ1n) is 8.50. The van der Waals surface area contributed by atoms with Gasteiger partial charge < -0.3 is 15.4 Å². The number of amides is 1. The Morgan fingerprint density at radius 3 is 3.10 bits per heavy atom. The monoisotopic (exact) mass is 297 g/mol. The molecule has 3 unspecified atom stereocenters. The van der Waals surface area contributed by atoms with Crippen LogP contribution in [0.15, 0.2) is 0 Å². The molecule has 0 aliphatic carbocycles. The first-order valence-corrected chi connectivity index (χ1v) is 8.50. The molecule has 0 saturated carbocycles. The number of hydrogen-bond donors (Lipinski definition) is 2. The summed E-state index contributed by atoms with van der Waals surface area (Å²) in [6.45, 7) is 11.0. The van der Waals surface area contributed by atoms with Gasteiger partial charge in [0, 0.05) is 26.1 Å². The van der Waals surface area contributed by atoms with E-state index in [-0.39, 0.29) is 12.0 Å². The highest BCUT2D eigenvalue weighted by Crippen LogP contribution is 2.22. The van der Waals surface area contributed by atoms with Gasteiger partial charge in [-0.05, 0) is 44.3 Å². The average molecular weight is 297 g/mol. The number of nitrogens with zero attached hydrogens (tertiary/aromatic N) is 1. The molecule has 3 atom stereocenters. The molecule has 0 radical (unpaired) electrons. The Bertz CT molecular complexity index is 319. The van der Waals surface area contributed by atoms with Gasteiger partial charge in [-0.15, -0.1) is 0 Å². The number of carbonyl (C=O) groups excluding carboxylic acids is 1. The molecule has 0 aromatic rings. The van der Waals surface area contributed by atoms with Gasteiger partial charge in [0.2, 0.25) is 5.91 Å². The van der Waals surface area contributed by atoms with Crippen LogP contribution in [0.1, 0.15) is 33.1 Å². The molecule has 21 heavy (non-hydrogen) atoms. The van der Waals surface area contributed by atoms with E-state index < -0.39 is 0 Å². The van der Waals surface area contributed by atoms with E-state index in [0.717, 1.165) is 39.3 Å². The van der Waals surface area contributed by atoms with Crippen LogP contribution < -0.4 is 10.6 Å². The first kappa shape index (κ1) is 16.7. The number of carbonyl (C=O) groups is 1. The minimum atomic E-state index is 0.148.